The third-order valence-corrected chi connectivity index (χ3v) is 2.56. The molecule has 2 aromatic rings. The molecule has 0 atom stereocenters. The Hall–Kier alpha value is -2.69. The van der Waals surface area contributed by atoms with Crippen LogP contribution in [0.4, 0.5) is 0 Å². The lowest BCUT2D eigenvalue weighted by Crippen LogP contribution is -2.17. The van der Waals surface area contributed by atoms with Gasteiger partial charge in [0.25, 0.3) is 5.91 Å². The molecule has 0 radical (unpaired) electrons. The van der Waals surface area contributed by atoms with Gasteiger partial charge in [0.2, 0.25) is 0 Å². The van der Waals surface area contributed by atoms with Gasteiger partial charge in [0.15, 0.2) is 0 Å². The molecule has 0 unspecified atom stereocenters. The summed E-state index contributed by atoms with van der Waals surface area (Å²) in [5, 5.41) is 13.6. The Morgan fingerprint density at radius 2 is 2.21 bits per heavy atom. The smallest absolute Gasteiger partial charge is 0.272 e. The van der Waals surface area contributed by atoms with Crippen molar-refractivity contribution in [2.24, 2.45) is 5.10 Å². The summed E-state index contributed by atoms with van der Waals surface area (Å²) in [6.45, 7) is 1.79. The van der Waals surface area contributed by atoms with E-state index in [-0.39, 0.29) is 11.7 Å². The predicted molar refractivity (Wildman–Crippen MR) is 72.1 cm³/mol. The Labute approximate surface area is 110 Å². The lowest BCUT2D eigenvalue weighted by atomic mass is 10.1. The number of aromatic hydroxyl groups is 1. The molecule has 1 aromatic carbocycles. The molecule has 0 spiro atoms. The first-order valence-electron chi connectivity index (χ1n) is 5.70. The molecule has 1 aromatic heterocycles. The molecule has 96 valence electrons. The number of carbonyl (C=O) groups excluding carboxylic acids is 1. The van der Waals surface area contributed by atoms with Gasteiger partial charge in [0.1, 0.15) is 5.75 Å². The second-order valence-corrected chi connectivity index (χ2v) is 3.95. The number of benzene rings is 1. The minimum absolute atomic E-state index is 0.155. The quantitative estimate of drug-likeness (QED) is 0.649. The van der Waals surface area contributed by atoms with Gasteiger partial charge >= 0.3 is 0 Å². The van der Waals surface area contributed by atoms with E-state index in [1.807, 2.05) is 0 Å². The molecule has 0 aliphatic carbocycles. The molecular formula is C14H13N3O2. The normalized spacial score (nSPS) is 10.6. The highest BCUT2D eigenvalue weighted by molar-refractivity contribution is 5.94. The highest BCUT2D eigenvalue weighted by Gasteiger charge is 2.03. The van der Waals surface area contributed by atoms with Gasteiger partial charge in [-0.25, -0.2) is 5.43 Å². The monoisotopic (exact) mass is 255 g/mol. The van der Waals surface area contributed by atoms with Crippen molar-refractivity contribution in [3.8, 4) is 5.75 Å². The number of amides is 1. The number of aromatic nitrogens is 1. The summed E-state index contributed by atoms with van der Waals surface area (Å²) in [6.07, 6.45) is 4.44. The fraction of sp³-hybridized carbons (Fsp3) is 0.0714. The van der Waals surface area contributed by atoms with E-state index in [0.717, 1.165) is 5.56 Å². The van der Waals surface area contributed by atoms with Gasteiger partial charge in [-0.3, -0.25) is 9.78 Å². The molecule has 0 saturated carbocycles. The van der Waals surface area contributed by atoms with E-state index < -0.39 is 0 Å². The zero-order chi connectivity index (χ0) is 13.7. The molecule has 1 heterocycles. The van der Waals surface area contributed by atoms with Crippen molar-refractivity contribution in [1.29, 1.82) is 0 Å². The Morgan fingerprint density at radius 1 is 1.37 bits per heavy atom. The summed E-state index contributed by atoms with van der Waals surface area (Å²) in [4.78, 5) is 15.5. The number of hydrogen-bond acceptors (Lipinski definition) is 4. The SMILES string of the molecule is Cc1cccc(C=NNC(=O)c2cccnc2)c1O. The number of hydrogen-bond donors (Lipinski definition) is 2. The molecule has 0 aliphatic heterocycles. The van der Waals surface area contributed by atoms with Gasteiger partial charge in [-0.1, -0.05) is 12.1 Å². The summed E-state index contributed by atoms with van der Waals surface area (Å²) < 4.78 is 0. The summed E-state index contributed by atoms with van der Waals surface area (Å²) in [5.74, 6) is -0.196. The molecule has 0 aliphatic rings. The second kappa shape index (κ2) is 5.77. The number of nitrogens with one attached hydrogen (secondary N) is 1. The molecule has 0 bridgehead atoms. The minimum atomic E-state index is -0.350. The first kappa shape index (κ1) is 12.8. The molecule has 5 heteroatoms. The highest BCUT2D eigenvalue weighted by atomic mass is 16.3. The topological polar surface area (TPSA) is 74.6 Å². The Balaban J connectivity index is 2.05. The van der Waals surface area contributed by atoms with Crippen LogP contribution >= 0.6 is 0 Å². The van der Waals surface area contributed by atoms with E-state index >= 15 is 0 Å². The summed E-state index contributed by atoms with van der Waals surface area (Å²) in [5.41, 5.74) is 4.10. The van der Waals surface area contributed by atoms with Crippen molar-refractivity contribution in [2.75, 3.05) is 0 Å². The molecule has 5 nitrogen and oxygen atoms in total. The van der Waals surface area contributed by atoms with E-state index in [4.69, 9.17) is 0 Å². The maximum Gasteiger partial charge on any atom is 0.272 e. The van der Waals surface area contributed by atoms with Gasteiger partial charge in [0, 0.05) is 18.0 Å². The number of phenolic OH excluding ortho intramolecular Hbond substituents is 1. The van der Waals surface area contributed by atoms with E-state index in [1.165, 1.54) is 12.4 Å². The molecule has 19 heavy (non-hydrogen) atoms. The van der Waals surface area contributed by atoms with Crippen molar-refractivity contribution in [2.45, 2.75) is 6.92 Å². The second-order valence-electron chi connectivity index (χ2n) is 3.95. The first-order valence-corrected chi connectivity index (χ1v) is 5.70. The number of rotatable bonds is 3. The van der Waals surface area contributed by atoms with E-state index in [1.54, 1.807) is 43.5 Å². The van der Waals surface area contributed by atoms with Crippen LogP contribution in [0.1, 0.15) is 21.5 Å². The van der Waals surface area contributed by atoms with Crippen molar-refractivity contribution in [3.05, 3.63) is 59.4 Å². The van der Waals surface area contributed by atoms with Crippen LogP contribution in [0.15, 0.2) is 47.8 Å². The first-order chi connectivity index (χ1) is 9.18. The van der Waals surface area contributed by atoms with Crippen LogP contribution in [0, 0.1) is 6.92 Å². The van der Waals surface area contributed by atoms with E-state index in [2.05, 4.69) is 15.5 Å². The number of nitrogens with zero attached hydrogens (tertiary/aromatic N) is 2. The van der Waals surface area contributed by atoms with E-state index in [9.17, 15) is 9.90 Å². The maximum absolute atomic E-state index is 11.7. The largest absolute Gasteiger partial charge is 0.507 e. The number of hydrazone groups is 1. The van der Waals surface area contributed by atoms with Crippen LogP contribution in [-0.4, -0.2) is 22.2 Å². The van der Waals surface area contributed by atoms with Gasteiger partial charge in [0.05, 0.1) is 11.8 Å². The van der Waals surface area contributed by atoms with Gasteiger partial charge in [-0.05, 0) is 30.7 Å². The molecule has 0 saturated heterocycles. The molecule has 2 N–H and O–H groups in total. The van der Waals surface area contributed by atoms with Crippen LogP contribution < -0.4 is 5.43 Å². The molecule has 1 amide bonds. The Bertz CT molecular complexity index is 609. The van der Waals surface area contributed by atoms with Gasteiger partial charge in [-0.2, -0.15) is 5.10 Å². The van der Waals surface area contributed by atoms with E-state index in [0.29, 0.717) is 11.1 Å². The molecule has 0 fully saturated rings. The maximum atomic E-state index is 11.7. The fourth-order valence-corrected chi connectivity index (χ4v) is 1.51. The zero-order valence-corrected chi connectivity index (χ0v) is 10.4. The minimum Gasteiger partial charge on any atom is -0.507 e. The predicted octanol–water partition coefficient (Wildman–Crippen LogP) is 1.86. The van der Waals surface area contributed by atoms with Crippen LogP contribution in [0.25, 0.3) is 0 Å². The van der Waals surface area contributed by atoms with Crippen LogP contribution in [-0.2, 0) is 0 Å². The summed E-state index contributed by atoms with van der Waals surface area (Å²) in [6, 6.07) is 8.62. The number of phenols is 1. The third-order valence-electron chi connectivity index (χ3n) is 2.56. The third kappa shape index (κ3) is 3.16. The van der Waals surface area contributed by atoms with Crippen molar-refractivity contribution in [1.82, 2.24) is 10.4 Å². The number of aryl methyl sites for hydroxylation is 1. The average Bonchev–Trinajstić information content (AvgIpc) is 2.44. The van der Waals surface area contributed by atoms with Crippen molar-refractivity contribution >= 4 is 12.1 Å². The fourth-order valence-electron chi connectivity index (χ4n) is 1.51. The Kier molecular flexibility index (Phi) is 3.87. The Morgan fingerprint density at radius 3 is 2.95 bits per heavy atom. The van der Waals surface area contributed by atoms with Crippen molar-refractivity contribution < 1.29 is 9.90 Å². The zero-order valence-electron chi connectivity index (χ0n) is 10.4. The van der Waals surface area contributed by atoms with Crippen LogP contribution in [0.5, 0.6) is 5.75 Å². The van der Waals surface area contributed by atoms with Gasteiger partial charge in [-0.15, -0.1) is 0 Å². The van der Waals surface area contributed by atoms with Gasteiger partial charge < -0.3 is 5.11 Å². The molecule has 2 rings (SSSR count). The molecular weight excluding hydrogens is 242 g/mol. The highest BCUT2D eigenvalue weighted by Crippen LogP contribution is 2.19. The lowest BCUT2D eigenvalue weighted by molar-refractivity contribution is 0.0954. The van der Waals surface area contributed by atoms with Crippen LogP contribution in [0.2, 0.25) is 0 Å². The van der Waals surface area contributed by atoms with Crippen LogP contribution in [0.3, 0.4) is 0 Å². The number of carbonyl (C=O) groups is 1. The average molecular weight is 255 g/mol. The number of pyridine rings is 1. The standard InChI is InChI=1S/C14H13N3O2/c1-10-4-2-5-11(13(10)18)9-16-17-14(19)12-6-3-7-15-8-12/h2-9,18H,1H3,(H,17,19). The summed E-state index contributed by atoms with van der Waals surface area (Å²) >= 11 is 0. The van der Waals surface area contributed by atoms with Crippen molar-refractivity contribution in [3.63, 3.8) is 0 Å². The number of para-hydroxylation sites is 1. The summed E-state index contributed by atoms with van der Waals surface area (Å²) in [7, 11) is 0. The lowest BCUT2D eigenvalue weighted by Gasteiger charge is -2.02.